The molecule has 4 rings (SSSR count). The van der Waals surface area contributed by atoms with Crippen LogP contribution in [0.3, 0.4) is 0 Å². The van der Waals surface area contributed by atoms with Gasteiger partial charge in [-0.2, -0.15) is 15.1 Å². The van der Waals surface area contributed by atoms with Crippen LogP contribution in [0.4, 0.5) is 0 Å². The fourth-order valence-electron chi connectivity index (χ4n) is 3.59. The van der Waals surface area contributed by atoms with E-state index >= 15 is 0 Å². The molecule has 1 N–H and O–H groups in total. The number of fused-ring (bicyclic) bond motifs is 1. The monoisotopic (exact) mass is 478 g/mol. The molecule has 9 heteroatoms. The minimum atomic E-state index is -0.461. The molecule has 2 aliphatic heterocycles. The van der Waals surface area contributed by atoms with Crippen LogP contribution >= 0.6 is 11.8 Å². The number of hydrogen-bond donors (Lipinski definition) is 1. The van der Waals surface area contributed by atoms with Crippen molar-refractivity contribution in [3.8, 4) is 17.2 Å². The van der Waals surface area contributed by atoms with Gasteiger partial charge in [-0.15, -0.1) is 0 Å². The van der Waals surface area contributed by atoms with Gasteiger partial charge in [-0.05, 0) is 79.6 Å². The summed E-state index contributed by atoms with van der Waals surface area (Å²) < 4.78 is 17.2. The number of ether oxygens (including phenoxy) is 3. The topological polar surface area (TPSA) is 96.6 Å². The summed E-state index contributed by atoms with van der Waals surface area (Å²) in [5.74, 6) is 1.53. The van der Waals surface area contributed by atoms with E-state index in [1.165, 1.54) is 27.9 Å². The minimum absolute atomic E-state index is 0.00227. The van der Waals surface area contributed by atoms with Gasteiger partial charge in [0.05, 0.1) is 30.9 Å². The molecule has 0 unspecified atom stereocenters. The van der Waals surface area contributed by atoms with Crippen LogP contribution < -0.4 is 14.2 Å². The van der Waals surface area contributed by atoms with E-state index in [9.17, 15) is 4.79 Å². The number of hydrazone groups is 1. The molecule has 0 spiro atoms. The van der Waals surface area contributed by atoms with Crippen molar-refractivity contribution >= 4 is 39.8 Å². The smallest absolute Gasteiger partial charge is 0.283 e. The molecule has 0 saturated heterocycles. The number of amides is 1. The van der Waals surface area contributed by atoms with Crippen LogP contribution in [0.1, 0.15) is 30.0 Å². The third-order valence-corrected chi connectivity index (χ3v) is 5.89. The number of aryl methyl sites for hydroxylation is 2. The zero-order valence-electron chi connectivity index (χ0n) is 19.5. The van der Waals surface area contributed by atoms with Gasteiger partial charge in [-0.3, -0.25) is 10.2 Å². The zero-order valence-corrected chi connectivity index (χ0v) is 20.4. The van der Waals surface area contributed by atoms with Gasteiger partial charge in [0.2, 0.25) is 5.17 Å². The van der Waals surface area contributed by atoms with Crippen molar-refractivity contribution < 1.29 is 19.0 Å². The van der Waals surface area contributed by atoms with Crippen LogP contribution in [0.15, 0.2) is 52.1 Å². The Morgan fingerprint density at radius 1 is 1.03 bits per heavy atom. The Kier molecular flexibility index (Phi) is 7.02. The summed E-state index contributed by atoms with van der Waals surface area (Å²) in [5, 5.41) is 15.1. The summed E-state index contributed by atoms with van der Waals surface area (Å²) in [6, 6.07) is 11.5. The zero-order chi connectivity index (χ0) is 24.2. The molecule has 0 fully saturated rings. The Morgan fingerprint density at radius 2 is 1.76 bits per heavy atom. The second-order valence-corrected chi connectivity index (χ2v) is 9.08. The quantitative estimate of drug-likeness (QED) is 0.432. The second-order valence-electron chi connectivity index (χ2n) is 7.92. The number of nitrogens with zero attached hydrogens (tertiary/aromatic N) is 3. The van der Waals surface area contributed by atoms with Gasteiger partial charge >= 0.3 is 0 Å². The number of hydrogen-bond acceptors (Lipinski definition) is 7. The van der Waals surface area contributed by atoms with Crippen LogP contribution in [-0.4, -0.2) is 47.3 Å². The first kappa shape index (κ1) is 23.6. The van der Waals surface area contributed by atoms with Gasteiger partial charge in [0.1, 0.15) is 5.75 Å². The molecule has 0 atom stereocenters. The van der Waals surface area contributed by atoms with Gasteiger partial charge in [0.15, 0.2) is 17.3 Å². The maximum Gasteiger partial charge on any atom is 0.283 e. The van der Waals surface area contributed by atoms with E-state index < -0.39 is 5.91 Å². The first-order valence-electron chi connectivity index (χ1n) is 10.8. The summed E-state index contributed by atoms with van der Waals surface area (Å²) in [7, 11) is 1.56. The number of rotatable bonds is 8. The van der Waals surface area contributed by atoms with E-state index in [1.807, 2.05) is 39.0 Å². The van der Waals surface area contributed by atoms with E-state index in [-0.39, 0.29) is 11.4 Å². The summed E-state index contributed by atoms with van der Waals surface area (Å²) in [6.07, 6.45) is 2.32. The second kappa shape index (κ2) is 10.1. The lowest BCUT2D eigenvalue weighted by Crippen LogP contribution is -2.35. The number of amidine groups is 2. The van der Waals surface area contributed by atoms with Crippen LogP contribution in [0, 0.1) is 19.3 Å². The lowest BCUT2D eigenvalue weighted by Gasteiger charge is -2.20. The number of benzene rings is 2. The van der Waals surface area contributed by atoms with Crippen molar-refractivity contribution in [3.63, 3.8) is 0 Å². The van der Waals surface area contributed by atoms with Crippen LogP contribution in [0.2, 0.25) is 0 Å². The number of aliphatic imine (C=N–C) groups is 1. The number of methoxy groups -OCH3 is 1. The number of thioether (sulfide) groups is 1. The first-order chi connectivity index (χ1) is 16.3. The fourth-order valence-corrected chi connectivity index (χ4v) is 4.33. The molecule has 2 aromatic rings. The molecular weight excluding hydrogens is 452 g/mol. The molecule has 0 bridgehead atoms. The number of nitrogens with one attached hydrogen (secondary N) is 1. The van der Waals surface area contributed by atoms with Gasteiger partial charge in [0.25, 0.3) is 5.91 Å². The van der Waals surface area contributed by atoms with E-state index in [0.29, 0.717) is 41.9 Å². The average Bonchev–Trinajstić information content (AvgIpc) is 3.16. The largest absolute Gasteiger partial charge is 0.493 e. The molecule has 34 heavy (non-hydrogen) atoms. The van der Waals surface area contributed by atoms with Crippen molar-refractivity contribution in [2.45, 2.75) is 27.2 Å². The van der Waals surface area contributed by atoms with Crippen molar-refractivity contribution in [2.75, 3.05) is 20.3 Å². The van der Waals surface area contributed by atoms with E-state index in [1.54, 1.807) is 25.3 Å². The van der Waals surface area contributed by atoms with Crippen molar-refractivity contribution in [1.82, 2.24) is 5.01 Å². The summed E-state index contributed by atoms with van der Waals surface area (Å²) in [6.45, 7) is 6.91. The molecule has 0 saturated carbocycles. The van der Waals surface area contributed by atoms with Crippen molar-refractivity contribution in [2.24, 2.45) is 10.1 Å². The predicted molar refractivity (Wildman–Crippen MR) is 135 cm³/mol. The molecule has 0 aliphatic carbocycles. The highest BCUT2D eigenvalue weighted by Crippen LogP contribution is 2.31. The Balaban J connectivity index is 1.38. The summed E-state index contributed by atoms with van der Waals surface area (Å²) >= 11 is 1.28. The molecule has 2 aliphatic rings. The molecule has 176 valence electrons. The van der Waals surface area contributed by atoms with Crippen molar-refractivity contribution in [1.29, 1.82) is 5.41 Å². The molecule has 0 radical (unpaired) electrons. The maximum absolute atomic E-state index is 12.5. The van der Waals surface area contributed by atoms with E-state index in [2.05, 4.69) is 16.2 Å². The Bertz CT molecular complexity index is 1220. The Labute approximate surface area is 202 Å². The van der Waals surface area contributed by atoms with Crippen LogP contribution in [-0.2, 0) is 4.79 Å². The van der Waals surface area contributed by atoms with Crippen LogP contribution in [0.5, 0.6) is 17.2 Å². The fraction of sp³-hybridized carbons (Fsp3) is 0.280. The first-order valence-corrected chi connectivity index (χ1v) is 11.6. The Hall–Kier alpha value is -3.59. The number of carbonyl (C=O) groups is 1. The standard InChI is InChI=1S/C25H26N4O4S/c1-15-10-16(2)12-19(11-15)32-8-5-9-33-21-7-6-18(14-22(21)31-4)13-20-23(26)29-25(27-24(20)30)34-17(3)28-29/h6-7,10-14,26H,5,8-9H2,1-4H3/b20-13-,26-23?. The van der Waals surface area contributed by atoms with Gasteiger partial charge in [-0.1, -0.05) is 12.1 Å². The molecule has 2 heterocycles. The Morgan fingerprint density at radius 3 is 2.50 bits per heavy atom. The van der Waals surface area contributed by atoms with Gasteiger partial charge in [0, 0.05) is 6.42 Å². The normalized spacial score (nSPS) is 16.4. The SMILES string of the molecule is COc1cc(/C=C2/C(=N)N3N=C(C)SC3=NC2=O)ccc1OCCCOc1cc(C)cc(C)c1. The highest BCUT2D eigenvalue weighted by atomic mass is 32.2. The molecule has 0 aromatic heterocycles. The third-order valence-electron chi connectivity index (χ3n) is 5.06. The lowest BCUT2D eigenvalue weighted by molar-refractivity contribution is -0.114. The molecule has 1 amide bonds. The maximum atomic E-state index is 12.5. The molecule has 8 nitrogen and oxygen atoms in total. The van der Waals surface area contributed by atoms with Crippen molar-refractivity contribution in [3.05, 3.63) is 58.7 Å². The summed E-state index contributed by atoms with van der Waals surface area (Å²) in [4.78, 5) is 16.5. The van der Waals surface area contributed by atoms with E-state index in [0.717, 1.165) is 10.8 Å². The lowest BCUT2D eigenvalue weighted by atomic mass is 10.1. The molecular formula is C25H26N4O4S. The van der Waals surface area contributed by atoms with Gasteiger partial charge < -0.3 is 14.2 Å². The van der Waals surface area contributed by atoms with E-state index in [4.69, 9.17) is 19.6 Å². The highest BCUT2D eigenvalue weighted by Gasteiger charge is 2.34. The molecule has 2 aromatic carbocycles. The summed E-state index contributed by atoms with van der Waals surface area (Å²) in [5.41, 5.74) is 3.21. The highest BCUT2D eigenvalue weighted by molar-refractivity contribution is 8.26. The third kappa shape index (κ3) is 5.31. The predicted octanol–water partition coefficient (Wildman–Crippen LogP) is 4.80. The average molecular weight is 479 g/mol. The van der Waals surface area contributed by atoms with Crippen LogP contribution in [0.25, 0.3) is 6.08 Å². The van der Waals surface area contributed by atoms with Gasteiger partial charge in [-0.25, -0.2) is 0 Å². The minimum Gasteiger partial charge on any atom is -0.493 e. The number of carbonyl (C=O) groups excluding carboxylic acids is 1.